The van der Waals surface area contributed by atoms with Crippen LogP contribution < -0.4 is 15.2 Å². The second-order valence-electron chi connectivity index (χ2n) is 6.07. The Morgan fingerprint density at radius 2 is 2.07 bits per heavy atom. The summed E-state index contributed by atoms with van der Waals surface area (Å²) in [6.45, 7) is 2.68. The highest BCUT2D eigenvalue weighted by atomic mass is 35.5. The lowest BCUT2D eigenvalue weighted by molar-refractivity contribution is -0.135. The van der Waals surface area contributed by atoms with Gasteiger partial charge in [0.2, 0.25) is 11.8 Å². The fourth-order valence-corrected chi connectivity index (χ4v) is 2.56. The second-order valence-corrected chi connectivity index (χ2v) is 6.45. The van der Waals surface area contributed by atoms with Crippen molar-refractivity contribution in [2.45, 2.75) is 26.5 Å². The smallest absolute Gasteiger partial charge is 0.323 e. The lowest BCUT2D eigenvalue weighted by Crippen LogP contribution is -2.35. The Morgan fingerprint density at radius 3 is 2.63 bits per heavy atom. The van der Waals surface area contributed by atoms with E-state index in [1.165, 1.54) is 22.6 Å². The van der Waals surface area contributed by atoms with Gasteiger partial charge in [-0.1, -0.05) is 11.6 Å². The van der Waals surface area contributed by atoms with Gasteiger partial charge in [0, 0.05) is 24.7 Å². The normalized spacial score (nSPS) is 10.9. The number of hydrogen-bond acceptors (Lipinski definition) is 5. The van der Waals surface area contributed by atoms with Gasteiger partial charge in [0.15, 0.2) is 5.02 Å². The van der Waals surface area contributed by atoms with Crippen molar-refractivity contribution in [3.05, 3.63) is 50.8 Å². The first-order valence-electron chi connectivity index (χ1n) is 7.93. The summed E-state index contributed by atoms with van der Waals surface area (Å²) in [5.74, 6) is -2.90. The van der Waals surface area contributed by atoms with E-state index in [1.807, 2.05) is 0 Å². The molecule has 10 heteroatoms. The van der Waals surface area contributed by atoms with Gasteiger partial charge < -0.3 is 14.7 Å². The number of carboxylic acids is 1. The van der Waals surface area contributed by atoms with Crippen LogP contribution in [0.15, 0.2) is 23.0 Å². The zero-order valence-corrected chi connectivity index (χ0v) is 15.6. The van der Waals surface area contributed by atoms with Crippen molar-refractivity contribution in [2.24, 2.45) is 0 Å². The number of aromatic nitrogens is 2. The molecule has 7 nitrogen and oxygen atoms in total. The first kappa shape index (κ1) is 20.6. The number of ether oxygens (including phenoxy) is 1. The van der Waals surface area contributed by atoms with E-state index in [1.54, 1.807) is 13.8 Å². The zero-order chi connectivity index (χ0) is 20.3. The van der Waals surface area contributed by atoms with Crippen LogP contribution in [0.25, 0.3) is 0 Å². The van der Waals surface area contributed by atoms with E-state index in [9.17, 15) is 18.4 Å². The molecular weight excluding hydrogens is 384 g/mol. The minimum atomic E-state index is -1.12. The molecule has 1 heterocycles. The molecule has 0 amide bonds. The van der Waals surface area contributed by atoms with Gasteiger partial charge in [-0.15, -0.1) is 0 Å². The average Bonchev–Trinajstić information content (AvgIpc) is 2.56. The Labute approximate surface area is 158 Å². The van der Waals surface area contributed by atoms with Crippen molar-refractivity contribution < 1.29 is 23.4 Å². The van der Waals surface area contributed by atoms with Crippen LogP contribution in [0.2, 0.25) is 5.02 Å². The highest BCUT2D eigenvalue weighted by Crippen LogP contribution is 2.25. The van der Waals surface area contributed by atoms with Crippen molar-refractivity contribution in [3.63, 3.8) is 0 Å². The number of benzene rings is 1. The maximum absolute atomic E-state index is 13.7. The van der Waals surface area contributed by atoms with E-state index in [2.05, 4.69) is 4.98 Å². The van der Waals surface area contributed by atoms with Crippen molar-refractivity contribution in [1.82, 2.24) is 9.55 Å². The van der Waals surface area contributed by atoms with Crippen LogP contribution in [0.3, 0.4) is 0 Å². The SMILES string of the molecule is CC(C)n1c(N(C)CC(=O)O)nc(OCc2ccc(F)cc2F)c(Cl)c1=O. The molecule has 0 saturated heterocycles. The zero-order valence-electron chi connectivity index (χ0n) is 14.9. The van der Waals surface area contributed by atoms with Gasteiger partial charge in [0.25, 0.3) is 5.56 Å². The average molecular weight is 402 g/mol. The summed E-state index contributed by atoms with van der Waals surface area (Å²) in [7, 11) is 1.45. The van der Waals surface area contributed by atoms with Crippen molar-refractivity contribution in [2.75, 3.05) is 18.5 Å². The highest BCUT2D eigenvalue weighted by molar-refractivity contribution is 6.31. The number of carboxylic acid groups (broad SMARTS) is 1. The van der Waals surface area contributed by atoms with Gasteiger partial charge in [-0.05, 0) is 26.0 Å². The van der Waals surface area contributed by atoms with E-state index in [4.69, 9.17) is 21.4 Å². The second kappa shape index (κ2) is 8.34. The first-order chi connectivity index (χ1) is 12.6. The first-order valence-corrected chi connectivity index (χ1v) is 8.31. The van der Waals surface area contributed by atoms with Crippen LogP contribution >= 0.6 is 11.6 Å². The van der Waals surface area contributed by atoms with Crippen molar-refractivity contribution in [3.8, 4) is 5.88 Å². The topological polar surface area (TPSA) is 84.7 Å². The summed E-state index contributed by atoms with van der Waals surface area (Å²) < 4.78 is 33.3. The van der Waals surface area contributed by atoms with E-state index in [0.29, 0.717) is 6.07 Å². The van der Waals surface area contributed by atoms with Crippen LogP contribution in [0, 0.1) is 11.6 Å². The molecule has 27 heavy (non-hydrogen) atoms. The molecule has 2 aromatic rings. The van der Waals surface area contributed by atoms with Crippen molar-refractivity contribution >= 4 is 23.5 Å². The lowest BCUT2D eigenvalue weighted by Gasteiger charge is -2.23. The van der Waals surface area contributed by atoms with E-state index in [0.717, 1.165) is 6.07 Å². The number of hydrogen-bond donors (Lipinski definition) is 1. The highest BCUT2D eigenvalue weighted by Gasteiger charge is 2.22. The molecular formula is C17H18ClF2N3O4. The summed E-state index contributed by atoms with van der Waals surface area (Å²) in [4.78, 5) is 29.0. The third-order valence-electron chi connectivity index (χ3n) is 3.62. The number of aliphatic carboxylic acids is 1. The molecule has 0 radical (unpaired) electrons. The van der Waals surface area contributed by atoms with Crippen LogP contribution in [0.1, 0.15) is 25.5 Å². The van der Waals surface area contributed by atoms with Gasteiger partial charge in [0.1, 0.15) is 24.8 Å². The molecule has 0 fully saturated rings. The van der Waals surface area contributed by atoms with Gasteiger partial charge >= 0.3 is 5.97 Å². The fraction of sp³-hybridized carbons (Fsp3) is 0.353. The van der Waals surface area contributed by atoms with Crippen LogP contribution in [-0.2, 0) is 11.4 Å². The molecule has 1 aromatic heterocycles. The number of nitrogens with zero attached hydrogens (tertiary/aromatic N) is 3. The summed E-state index contributed by atoms with van der Waals surface area (Å²) in [6.07, 6.45) is 0. The molecule has 2 rings (SSSR count). The Kier molecular flexibility index (Phi) is 6.37. The molecule has 0 spiro atoms. The third kappa shape index (κ3) is 4.73. The van der Waals surface area contributed by atoms with Crippen molar-refractivity contribution in [1.29, 1.82) is 0 Å². The molecule has 0 atom stereocenters. The predicted molar refractivity (Wildman–Crippen MR) is 95.5 cm³/mol. The molecule has 0 aliphatic heterocycles. The molecule has 1 N–H and O–H groups in total. The summed E-state index contributed by atoms with van der Waals surface area (Å²) in [5, 5.41) is 8.67. The lowest BCUT2D eigenvalue weighted by atomic mass is 10.2. The van der Waals surface area contributed by atoms with Gasteiger partial charge in [-0.25, -0.2) is 8.78 Å². The Hall–Kier alpha value is -2.68. The van der Waals surface area contributed by atoms with Crippen LogP contribution in [0.5, 0.6) is 5.88 Å². The van der Waals surface area contributed by atoms with E-state index >= 15 is 0 Å². The molecule has 0 aliphatic carbocycles. The number of rotatable bonds is 7. The van der Waals surface area contributed by atoms with Gasteiger partial charge in [-0.3, -0.25) is 14.2 Å². The number of carbonyl (C=O) groups is 1. The Morgan fingerprint density at radius 1 is 1.41 bits per heavy atom. The number of halogens is 3. The number of likely N-dealkylation sites (N-methyl/N-ethyl adjacent to an activating group) is 1. The van der Waals surface area contributed by atoms with Crippen LogP contribution in [-0.4, -0.2) is 34.2 Å². The molecule has 0 saturated carbocycles. The fourth-order valence-electron chi connectivity index (χ4n) is 2.37. The Balaban J connectivity index is 2.42. The van der Waals surface area contributed by atoms with E-state index in [-0.39, 0.29) is 35.1 Å². The van der Waals surface area contributed by atoms with Gasteiger partial charge in [0.05, 0.1) is 0 Å². The summed E-state index contributed by atoms with van der Waals surface area (Å²) in [6, 6.07) is 2.62. The van der Waals surface area contributed by atoms with Crippen LogP contribution in [0.4, 0.5) is 14.7 Å². The monoisotopic (exact) mass is 401 g/mol. The van der Waals surface area contributed by atoms with Gasteiger partial charge in [-0.2, -0.15) is 4.98 Å². The summed E-state index contributed by atoms with van der Waals surface area (Å²) in [5.41, 5.74) is -0.578. The minimum Gasteiger partial charge on any atom is -0.480 e. The third-order valence-corrected chi connectivity index (χ3v) is 3.94. The minimum absolute atomic E-state index is 0.0383. The predicted octanol–water partition coefficient (Wildman–Crippen LogP) is 2.86. The molecule has 0 unspecified atom stereocenters. The number of anilines is 1. The molecule has 146 valence electrons. The molecule has 0 bridgehead atoms. The maximum atomic E-state index is 13.7. The quantitative estimate of drug-likeness (QED) is 0.768. The molecule has 0 aliphatic rings. The largest absolute Gasteiger partial charge is 0.480 e. The standard InChI is InChI=1S/C17H18ClF2N3O4/c1-9(2)23-16(26)14(18)15(21-17(23)22(3)7-13(24)25)27-8-10-4-5-11(19)6-12(10)20/h4-6,9H,7-8H2,1-3H3,(H,24,25). The maximum Gasteiger partial charge on any atom is 0.323 e. The summed E-state index contributed by atoms with van der Waals surface area (Å²) >= 11 is 6.05. The Bertz CT molecular complexity index is 918. The molecule has 1 aromatic carbocycles. The van der Waals surface area contributed by atoms with E-state index < -0.39 is 29.7 Å².